The molecule has 3 aromatic heterocycles. The monoisotopic (exact) mass is 541 g/mol. The molecule has 5 rings (SSSR count). The van der Waals surface area contributed by atoms with E-state index in [0.717, 1.165) is 15.8 Å². The zero-order valence-electron chi connectivity index (χ0n) is 20.9. The number of para-hydroxylation sites is 1. The van der Waals surface area contributed by atoms with Crippen LogP contribution in [-0.2, 0) is 11.3 Å². The molecule has 0 saturated carbocycles. The van der Waals surface area contributed by atoms with Gasteiger partial charge in [-0.2, -0.15) is 0 Å². The lowest BCUT2D eigenvalue weighted by atomic mass is 10.2. The van der Waals surface area contributed by atoms with Gasteiger partial charge in [-0.05, 0) is 45.0 Å². The maximum Gasteiger partial charge on any atom is 0.410 e. The first-order valence-electron chi connectivity index (χ1n) is 12.0. The van der Waals surface area contributed by atoms with E-state index in [0.29, 0.717) is 54.2 Å². The van der Waals surface area contributed by atoms with Gasteiger partial charge in [0.05, 0.1) is 15.8 Å². The molecule has 1 fully saturated rings. The number of thiophene rings is 1. The highest BCUT2D eigenvalue weighted by Gasteiger charge is 2.27. The summed E-state index contributed by atoms with van der Waals surface area (Å²) < 4.78 is 13.6. The molecule has 9 nitrogen and oxygen atoms in total. The van der Waals surface area contributed by atoms with Gasteiger partial charge in [-0.15, -0.1) is 11.3 Å². The molecule has 0 spiro atoms. The second-order valence-corrected chi connectivity index (χ2v) is 11.6. The van der Waals surface area contributed by atoms with Crippen molar-refractivity contribution in [2.45, 2.75) is 32.9 Å². The van der Waals surface area contributed by atoms with Crippen LogP contribution in [0, 0.1) is 0 Å². The van der Waals surface area contributed by atoms with Crippen molar-refractivity contribution in [2.24, 2.45) is 0 Å². The Morgan fingerprint density at radius 2 is 1.86 bits per heavy atom. The Labute approximate surface area is 223 Å². The highest BCUT2D eigenvalue weighted by Crippen LogP contribution is 2.32. The van der Waals surface area contributed by atoms with E-state index in [4.69, 9.17) is 20.9 Å². The summed E-state index contributed by atoms with van der Waals surface area (Å²) in [5.41, 5.74) is 4.59. The zero-order chi connectivity index (χ0) is 26.2. The van der Waals surface area contributed by atoms with Crippen LogP contribution in [0.4, 0.5) is 4.79 Å². The van der Waals surface area contributed by atoms with Gasteiger partial charge in [0.2, 0.25) is 0 Å². The fraction of sp³-hybridized carbons (Fsp3) is 0.346. The second-order valence-electron chi connectivity index (χ2n) is 9.86. The molecule has 0 radical (unpaired) electrons. The van der Waals surface area contributed by atoms with Crippen molar-refractivity contribution in [3.05, 3.63) is 64.3 Å². The molecule has 1 aliphatic heterocycles. The molecule has 37 heavy (non-hydrogen) atoms. The van der Waals surface area contributed by atoms with Crippen LogP contribution in [0.3, 0.4) is 0 Å². The number of halogens is 1. The normalized spacial score (nSPS) is 14.8. The first-order valence-corrected chi connectivity index (χ1v) is 13.2. The number of hydrogen-bond acceptors (Lipinski definition) is 7. The highest BCUT2D eigenvalue weighted by molar-refractivity contribution is 7.19. The van der Waals surface area contributed by atoms with E-state index in [1.807, 2.05) is 78.9 Å². The van der Waals surface area contributed by atoms with Crippen molar-refractivity contribution in [3.63, 3.8) is 0 Å². The van der Waals surface area contributed by atoms with Gasteiger partial charge in [-0.1, -0.05) is 35.0 Å². The van der Waals surface area contributed by atoms with Gasteiger partial charge < -0.3 is 18.7 Å². The van der Waals surface area contributed by atoms with Crippen LogP contribution >= 0.6 is 22.9 Å². The number of hydrazine groups is 1. The lowest BCUT2D eigenvalue weighted by molar-refractivity contribution is 0.00968. The summed E-state index contributed by atoms with van der Waals surface area (Å²) in [5, 5.41) is 7.01. The van der Waals surface area contributed by atoms with E-state index < -0.39 is 5.60 Å². The van der Waals surface area contributed by atoms with Crippen molar-refractivity contribution in [2.75, 3.05) is 26.2 Å². The third kappa shape index (κ3) is 5.82. The molecule has 0 bridgehead atoms. The van der Waals surface area contributed by atoms with E-state index in [1.54, 1.807) is 4.90 Å². The van der Waals surface area contributed by atoms with Gasteiger partial charge in [0.1, 0.15) is 17.0 Å². The molecule has 1 saturated heterocycles. The molecule has 4 heterocycles. The molecule has 0 aliphatic carbocycles. The second kappa shape index (κ2) is 10.2. The molecule has 1 aromatic carbocycles. The number of nitrogens with zero attached hydrogens (tertiary/aromatic N) is 4. The van der Waals surface area contributed by atoms with Crippen LogP contribution < -0.4 is 5.43 Å². The number of hydrogen-bond donors (Lipinski definition) is 1. The van der Waals surface area contributed by atoms with Crippen molar-refractivity contribution in [1.82, 2.24) is 25.1 Å². The number of carbonyl (C=O) groups is 2. The molecule has 1 aliphatic rings. The number of piperazine rings is 1. The summed E-state index contributed by atoms with van der Waals surface area (Å²) in [6.07, 6.45) is -0.338. The Kier molecular flexibility index (Phi) is 6.98. The average molecular weight is 542 g/mol. The Bertz CT molecular complexity index is 1430. The molecule has 4 aromatic rings. The standard InChI is InChI=1S/C26H28ClN5O4S/c1-26(2,3)35-25(34)30-10-12-31(13-11-30)28-24(33)20-14-17-6-4-5-7-19(17)32(20)16-18-15-21(36-29-18)22-8-9-23(27)37-22/h4-9,14-15H,10-13,16H2,1-3H3,(H,28,33). The minimum absolute atomic E-state index is 0.226. The maximum atomic E-state index is 13.4. The summed E-state index contributed by atoms with van der Waals surface area (Å²) in [6.45, 7) is 7.83. The van der Waals surface area contributed by atoms with Crippen LogP contribution in [0.2, 0.25) is 4.34 Å². The third-order valence-corrected chi connectivity index (χ3v) is 7.18. The molecule has 2 amide bonds. The van der Waals surface area contributed by atoms with E-state index in [9.17, 15) is 9.59 Å². The quantitative estimate of drug-likeness (QED) is 0.370. The molecular weight excluding hydrogens is 514 g/mol. The van der Waals surface area contributed by atoms with Crippen LogP contribution in [-0.4, -0.2) is 63.4 Å². The predicted molar refractivity (Wildman–Crippen MR) is 143 cm³/mol. The minimum Gasteiger partial charge on any atom is -0.444 e. The van der Waals surface area contributed by atoms with Gasteiger partial charge in [0.25, 0.3) is 5.91 Å². The number of carbonyl (C=O) groups excluding carboxylic acids is 2. The lowest BCUT2D eigenvalue weighted by Gasteiger charge is -2.35. The molecule has 0 unspecified atom stereocenters. The Balaban J connectivity index is 1.30. The minimum atomic E-state index is -0.544. The van der Waals surface area contributed by atoms with Crippen LogP contribution in [0.25, 0.3) is 21.5 Å². The largest absolute Gasteiger partial charge is 0.444 e. The van der Waals surface area contributed by atoms with Crippen molar-refractivity contribution < 1.29 is 18.8 Å². The first-order chi connectivity index (χ1) is 17.7. The number of aromatic nitrogens is 2. The summed E-state index contributed by atoms with van der Waals surface area (Å²) in [4.78, 5) is 28.3. The molecule has 11 heteroatoms. The summed E-state index contributed by atoms with van der Waals surface area (Å²) in [5.74, 6) is 0.410. The van der Waals surface area contributed by atoms with Gasteiger partial charge in [-0.3, -0.25) is 10.2 Å². The Hall–Kier alpha value is -3.34. The number of ether oxygens (including phenoxy) is 1. The smallest absolute Gasteiger partial charge is 0.410 e. The number of rotatable bonds is 5. The van der Waals surface area contributed by atoms with E-state index in [1.165, 1.54) is 11.3 Å². The fourth-order valence-corrected chi connectivity index (χ4v) is 5.20. The molecule has 0 atom stereocenters. The van der Waals surface area contributed by atoms with E-state index in [2.05, 4.69) is 10.6 Å². The van der Waals surface area contributed by atoms with Crippen molar-refractivity contribution >= 4 is 45.8 Å². The summed E-state index contributed by atoms with van der Waals surface area (Å²) in [7, 11) is 0. The molecular formula is C26H28ClN5O4S. The van der Waals surface area contributed by atoms with Crippen molar-refractivity contribution in [3.8, 4) is 10.6 Å². The van der Waals surface area contributed by atoms with Gasteiger partial charge >= 0.3 is 6.09 Å². The summed E-state index contributed by atoms with van der Waals surface area (Å²) >= 11 is 7.48. The average Bonchev–Trinajstić information content (AvgIpc) is 3.58. The molecule has 194 valence electrons. The van der Waals surface area contributed by atoms with Crippen LogP contribution in [0.1, 0.15) is 37.0 Å². The van der Waals surface area contributed by atoms with Gasteiger partial charge in [0.15, 0.2) is 5.76 Å². The SMILES string of the molecule is CC(C)(C)OC(=O)N1CCN(NC(=O)c2cc3ccccc3n2Cc2cc(-c3ccc(Cl)s3)on2)CC1. The first kappa shape index (κ1) is 25.3. The number of benzene rings is 1. The van der Waals surface area contributed by atoms with E-state index in [-0.39, 0.29) is 12.0 Å². The zero-order valence-corrected chi connectivity index (χ0v) is 22.4. The topological polar surface area (TPSA) is 92.8 Å². The fourth-order valence-electron chi connectivity index (χ4n) is 4.21. The summed E-state index contributed by atoms with van der Waals surface area (Å²) in [6, 6.07) is 15.3. The lowest BCUT2D eigenvalue weighted by Crippen LogP contribution is -2.55. The third-order valence-electron chi connectivity index (χ3n) is 5.93. The number of amides is 2. The molecule has 1 N–H and O–H groups in total. The van der Waals surface area contributed by atoms with Crippen LogP contribution in [0.15, 0.2) is 53.1 Å². The maximum absolute atomic E-state index is 13.4. The highest BCUT2D eigenvalue weighted by atomic mass is 35.5. The number of fused-ring (bicyclic) bond motifs is 1. The van der Waals surface area contributed by atoms with Crippen LogP contribution in [0.5, 0.6) is 0 Å². The van der Waals surface area contributed by atoms with Gasteiger partial charge in [-0.25, -0.2) is 9.80 Å². The van der Waals surface area contributed by atoms with Gasteiger partial charge in [0, 0.05) is 43.1 Å². The Morgan fingerprint density at radius 3 is 2.57 bits per heavy atom. The predicted octanol–water partition coefficient (Wildman–Crippen LogP) is 5.26. The Morgan fingerprint density at radius 1 is 1.11 bits per heavy atom. The van der Waals surface area contributed by atoms with Crippen molar-refractivity contribution in [1.29, 1.82) is 0 Å². The van der Waals surface area contributed by atoms with E-state index >= 15 is 0 Å². The number of nitrogens with one attached hydrogen (secondary N) is 1.